The maximum atomic E-state index is 6.69. The van der Waals surface area contributed by atoms with Crippen molar-refractivity contribution in [2.45, 2.75) is 25.7 Å². The Morgan fingerprint density at radius 1 is 0.518 bits per heavy atom. The van der Waals surface area contributed by atoms with Gasteiger partial charge in [-0.1, -0.05) is 146 Å². The molecular formula is C51H36N4O. The standard InChI is InChI=1S/C51H36N4O/c1-5-17-33(18-6-1)38-26-15-28-43-46(38)47-40(51-53-49(35-21-9-3-10-22-35)52-50(54-51)36-23-11-4-12-24-36)27-16-29-44(47)55(43)37-31-41(34-19-7-2-8-20-34)48-42(32-37)39-25-13-14-30-45(39)56-48/h1-11,13,15-23,25-29,31-32H,12,14,24,30H2. The number of furan rings is 1. The minimum Gasteiger partial charge on any atom is -0.460 e. The highest BCUT2D eigenvalue weighted by Gasteiger charge is 2.25. The molecule has 5 heteroatoms. The summed E-state index contributed by atoms with van der Waals surface area (Å²) >= 11 is 0. The molecule has 0 atom stereocenters. The van der Waals surface area contributed by atoms with Crippen molar-refractivity contribution in [2.24, 2.45) is 0 Å². The number of fused-ring (bicyclic) bond motifs is 6. The maximum absolute atomic E-state index is 6.69. The van der Waals surface area contributed by atoms with Crippen LogP contribution in [0, 0.1) is 0 Å². The van der Waals surface area contributed by atoms with Crippen LogP contribution in [-0.4, -0.2) is 19.5 Å². The van der Waals surface area contributed by atoms with E-state index in [2.05, 4.69) is 156 Å². The molecule has 0 saturated heterocycles. The Morgan fingerprint density at radius 3 is 1.86 bits per heavy atom. The fraction of sp³-hybridized carbons (Fsp3) is 0.0784. The minimum absolute atomic E-state index is 0.659. The van der Waals surface area contributed by atoms with Crippen LogP contribution in [0.25, 0.3) is 95.1 Å². The van der Waals surface area contributed by atoms with Crippen molar-refractivity contribution in [3.8, 4) is 50.7 Å². The summed E-state index contributed by atoms with van der Waals surface area (Å²) in [5.74, 6) is 3.10. The average Bonchev–Trinajstić information content (AvgIpc) is 3.83. The highest BCUT2D eigenvalue weighted by atomic mass is 16.3. The van der Waals surface area contributed by atoms with E-state index in [1.165, 1.54) is 5.56 Å². The van der Waals surface area contributed by atoms with Crippen LogP contribution in [0.15, 0.2) is 168 Å². The van der Waals surface area contributed by atoms with Gasteiger partial charge in [0.1, 0.15) is 11.3 Å². The SMILES string of the molecule is C1=CCCC(c2nc(-c3ccccc3)nc(-c3cccc4c3c3c(-c5ccccc5)cccc3n4-c3cc(-c4ccccc4)c4oc5c(c4c3)C=CCC5)n2)=C1. The lowest BCUT2D eigenvalue weighted by molar-refractivity contribution is 0.547. The topological polar surface area (TPSA) is 56.7 Å². The zero-order valence-electron chi connectivity index (χ0n) is 30.7. The second kappa shape index (κ2) is 13.3. The van der Waals surface area contributed by atoms with Crippen molar-refractivity contribution in [3.63, 3.8) is 0 Å². The third kappa shape index (κ3) is 5.35. The van der Waals surface area contributed by atoms with Crippen LogP contribution in [0.5, 0.6) is 0 Å². The van der Waals surface area contributed by atoms with Gasteiger partial charge in [0.05, 0.1) is 11.0 Å². The van der Waals surface area contributed by atoms with Crippen molar-refractivity contribution < 1.29 is 4.42 Å². The zero-order chi connectivity index (χ0) is 37.0. The normalized spacial score (nSPS) is 13.8. The first-order valence-corrected chi connectivity index (χ1v) is 19.4. The summed E-state index contributed by atoms with van der Waals surface area (Å²) in [5.41, 5.74) is 12.9. The quantitative estimate of drug-likeness (QED) is 0.172. The number of benzene rings is 6. The Hall–Kier alpha value is -7.11. The first kappa shape index (κ1) is 32.3. The third-order valence-corrected chi connectivity index (χ3v) is 11.2. The molecule has 3 heterocycles. The fourth-order valence-corrected chi connectivity index (χ4v) is 8.57. The van der Waals surface area contributed by atoms with Gasteiger partial charge in [-0.05, 0) is 65.8 Å². The van der Waals surface area contributed by atoms with Gasteiger partial charge in [-0.3, -0.25) is 0 Å². The van der Waals surface area contributed by atoms with E-state index in [1.54, 1.807) is 0 Å². The smallest absolute Gasteiger partial charge is 0.164 e. The highest BCUT2D eigenvalue weighted by Crippen LogP contribution is 2.45. The van der Waals surface area contributed by atoms with E-state index in [0.717, 1.165) is 115 Å². The van der Waals surface area contributed by atoms with Gasteiger partial charge in [0, 0.05) is 50.5 Å². The molecule has 6 aromatic carbocycles. The number of allylic oxidation sites excluding steroid dienone is 5. The molecule has 266 valence electrons. The van der Waals surface area contributed by atoms with Gasteiger partial charge in [-0.15, -0.1) is 0 Å². The van der Waals surface area contributed by atoms with Crippen molar-refractivity contribution >= 4 is 44.4 Å². The molecule has 0 aliphatic heterocycles. The molecule has 2 aliphatic carbocycles. The lowest BCUT2D eigenvalue weighted by Crippen LogP contribution is -2.04. The molecular weight excluding hydrogens is 685 g/mol. The van der Waals surface area contributed by atoms with Crippen molar-refractivity contribution in [2.75, 3.05) is 0 Å². The predicted octanol–water partition coefficient (Wildman–Crippen LogP) is 13.1. The molecule has 0 unspecified atom stereocenters. The molecule has 2 aliphatic rings. The molecule has 9 aromatic rings. The lowest BCUT2D eigenvalue weighted by Gasteiger charge is -2.13. The van der Waals surface area contributed by atoms with Crippen molar-refractivity contribution in [1.29, 1.82) is 0 Å². The van der Waals surface area contributed by atoms with E-state index >= 15 is 0 Å². The molecule has 0 spiro atoms. The van der Waals surface area contributed by atoms with Crippen molar-refractivity contribution in [1.82, 2.24) is 19.5 Å². The minimum atomic E-state index is 0.659. The summed E-state index contributed by atoms with van der Waals surface area (Å²) in [6, 6.07) is 49.4. The number of aromatic nitrogens is 4. The summed E-state index contributed by atoms with van der Waals surface area (Å²) in [6.45, 7) is 0. The Labute approximate surface area is 324 Å². The predicted molar refractivity (Wildman–Crippen MR) is 229 cm³/mol. The van der Waals surface area contributed by atoms with Crippen LogP contribution in [0.2, 0.25) is 0 Å². The summed E-state index contributed by atoms with van der Waals surface area (Å²) in [7, 11) is 0. The lowest BCUT2D eigenvalue weighted by atomic mass is 9.97. The number of aryl methyl sites for hydroxylation is 1. The van der Waals surface area contributed by atoms with Gasteiger partial charge in [0.2, 0.25) is 0 Å². The molecule has 56 heavy (non-hydrogen) atoms. The number of rotatable bonds is 6. The van der Waals surface area contributed by atoms with Gasteiger partial charge >= 0.3 is 0 Å². The van der Waals surface area contributed by atoms with Crippen molar-refractivity contribution in [3.05, 3.63) is 181 Å². The second-order valence-electron chi connectivity index (χ2n) is 14.5. The monoisotopic (exact) mass is 720 g/mol. The van der Waals surface area contributed by atoms with Crippen LogP contribution in [0.3, 0.4) is 0 Å². The molecule has 3 aromatic heterocycles. The molecule has 0 amide bonds. The van der Waals surface area contributed by atoms with E-state index in [4.69, 9.17) is 19.4 Å². The van der Waals surface area contributed by atoms with E-state index in [1.807, 2.05) is 18.2 Å². The van der Waals surface area contributed by atoms with E-state index < -0.39 is 0 Å². The Balaban J connectivity index is 1.25. The molecule has 0 N–H and O–H groups in total. The van der Waals surface area contributed by atoms with Gasteiger partial charge in [-0.25, -0.2) is 15.0 Å². The third-order valence-electron chi connectivity index (χ3n) is 11.2. The first-order chi connectivity index (χ1) is 27.8. The summed E-state index contributed by atoms with van der Waals surface area (Å²) in [6.07, 6.45) is 14.7. The van der Waals surface area contributed by atoms with Crippen LogP contribution < -0.4 is 0 Å². The summed E-state index contributed by atoms with van der Waals surface area (Å²) < 4.78 is 9.12. The second-order valence-corrected chi connectivity index (χ2v) is 14.5. The summed E-state index contributed by atoms with van der Waals surface area (Å²) in [4.78, 5) is 15.6. The molecule has 0 bridgehead atoms. The Morgan fingerprint density at radius 2 is 1.14 bits per heavy atom. The number of hydrogen-bond donors (Lipinski definition) is 0. The van der Waals surface area contributed by atoms with E-state index in [0.29, 0.717) is 11.6 Å². The maximum Gasteiger partial charge on any atom is 0.164 e. The Kier molecular flexibility index (Phi) is 7.69. The average molecular weight is 721 g/mol. The van der Waals surface area contributed by atoms with E-state index in [-0.39, 0.29) is 0 Å². The van der Waals surface area contributed by atoms with Gasteiger partial charge in [-0.2, -0.15) is 0 Å². The van der Waals surface area contributed by atoms with Crippen LogP contribution in [0.4, 0.5) is 0 Å². The first-order valence-electron chi connectivity index (χ1n) is 19.4. The molecule has 0 radical (unpaired) electrons. The van der Waals surface area contributed by atoms with E-state index in [9.17, 15) is 0 Å². The van der Waals surface area contributed by atoms with Gasteiger partial charge < -0.3 is 8.98 Å². The van der Waals surface area contributed by atoms with Crippen LogP contribution in [0.1, 0.15) is 36.4 Å². The summed E-state index contributed by atoms with van der Waals surface area (Å²) in [5, 5.41) is 3.39. The fourth-order valence-electron chi connectivity index (χ4n) is 8.57. The largest absolute Gasteiger partial charge is 0.460 e. The van der Waals surface area contributed by atoms with Gasteiger partial charge in [0.15, 0.2) is 17.5 Å². The van der Waals surface area contributed by atoms with Gasteiger partial charge in [0.25, 0.3) is 0 Å². The molecule has 11 rings (SSSR count). The van der Waals surface area contributed by atoms with Crippen LogP contribution in [-0.2, 0) is 6.42 Å². The molecule has 5 nitrogen and oxygen atoms in total. The Bertz CT molecular complexity index is 3060. The van der Waals surface area contributed by atoms with Crippen LogP contribution >= 0.6 is 0 Å². The number of hydrogen-bond acceptors (Lipinski definition) is 4. The zero-order valence-corrected chi connectivity index (χ0v) is 30.7. The number of nitrogens with zero attached hydrogens (tertiary/aromatic N) is 4. The molecule has 0 fully saturated rings. The highest BCUT2D eigenvalue weighted by molar-refractivity contribution is 6.20. The molecule has 0 saturated carbocycles.